The number of H-pyrrole nitrogens is 1. The number of carbonyl (C=O) groups excluding carboxylic acids is 1. The number of hydrogen-bond donors (Lipinski definition) is 3. The highest BCUT2D eigenvalue weighted by molar-refractivity contribution is 5.91. The molecule has 2 aliphatic heterocycles. The van der Waals surface area contributed by atoms with Crippen LogP contribution in [-0.2, 0) is 6.42 Å². The van der Waals surface area contributed by atoms with E-state index in [1.165, 1.54) is 0 Å². The number of hydrogen-bond acceptors (Lipinski definition) is 8. The quantitative estimate of drug-likeness (QED) is 0.357. The Labute approximate surface area is 224 Å². The summed E-state index contributed by atoms with van der Waals surface area (Å²) >= 11 is 0. The third-order valence-corrected chi connectivity index (χ3v) is 7.71. The van der Waals surface area contributed by atoms with Crippen LogP contribution in [0.5, 0.6) is 5.75 Å². The zero-order chi connectivity index (χ0) is 27.1. The van der Waals surface area contributed by atoms with E-state index in [0.717, 1.165) is 41.8 Å². The second-order valence-electron chi connectivity index (χ2n) is 10.1. The molecule has 1 fully saturated rings. The number of fused-ring (bicyclic) bond motifs is 2. The lowest BCUT2D eigenvalue weighted by Crippen LogP contribution is -2.49. The van der Waals surface area contributed by atoms with Crippen LogP contribution in [0.25, 0.3) is 11.1 Å². The van der Waals surface area contributed by atoms with Gasteiger partial charge in [-0.2, -0.15) is 5.10 Å². The fourth-order valence-electron chi connectivity index (χ4n) is 5.58. The van der Waals surface area contributed by atoms with Crippen molar-refractivity contribution in [3.05, 3.63) is 75.4 Å². The van der Waals surface area contributed by atoms with Crippen molar-refractivity contribution in [1.82, 2.24) is 20.1 Å². The first-order valence-corrected chi connectivity index (χ1v) is 13.0. The number of benzene rings is 2. The Kier molecular flexibility index (Phi) is 6.43. The molecular weight excluding hydrogens is 500 g/mol. The predicted octanol–water partition coefficient (Wildman–Crippen LogP) is 3.37. The van der Waals surface area contributed by atoms with E-state index in [0.29, 0.717) is 47.7 Å². The topological polar surface area (TPSA) is 137 Å². The summed E-state index contributed by atoms with van der Waals surface area (Å²) in [4.78, 5) is 31.4. The van der Waals surface area contributed by atoms with Crippen molar-refractivity contribution in [1.29, 1.82) is 0 Å². The number of carbonyl (C=O) groups is 1. The molecule has 0 radical (unpaired) electrons. The molecule has 1 saturated heterocycles. The first kappa shape index (κ1) is 24.9. The number of nitrogens with zero attached hydrogens (tertiary/aromatic N) is 4. The first-order chi connectivity index (χ1) is 18.9. The summed E-state index contributed by atoms with van der Waals surface area (Å²) in [5.74, 6) is 0.930. The Bertz CT molecular complexity index is 1590. The summed E-state index contributed by atoms with van der Waals surface area (Å²) in [7, 11) is 1.64. The first-order valence-electron chi connectivity index (χ1n) is 13.0. The number of ether oxygens (including phenoxy) is 1. The monoisotopic (exact) mass is 530 g/mol. The SMILES string of the molecule is COc1ccc2c(c1)CCN(C1CCN(c3cc(C(O)c4cc(C)c5[nH]c(=O)oc5c4)cnn3)CC1)C(=O)N2. The molecule has 1 unspecified atom stereocenters. The van der Waals surface area contributed by atoms with Crippen LogP contribution in [0.2, 0.25) is 0 Å². The molecule has 0 aliphatic carbocycles. The molecule has 39 heavy (non-hydrogen) atoms. The van der Waals surface area contributed by atoms with Gasteiger partial charge in [0.15, 0.2) is 11.4 Å². The van der Waals surface area contributed by atoms with Crippen LogP contribution in [0.15, 0.2) is 51.8 Å². The summed E-state index contributed by atoms with van der Waals surface area (Å²) < 4.78 is 10.5. The van der Waals surface area contributed by atoms with Crippen molar-refractivity contribution in [2.75, 3.05) is 37.0 Å². The normalized spacial score (nSPS) is 17.1. The van der Waals surface area contributed by atoms with Gasteiger partial charge in [0.2, 0.25) is 0 Å². The number of aliphatic hydroxyl groups excluding tert-OH is 1. The minimum absolute atomic E-state index is 0.0761. The van der Waals surface area contributed by atoms with Crippen molar-refractivity contribution in [3.63, 3.8) is 0 Å². The number of oxazole rings is 1. The van der Waals surface area contributed by atoms with Gasteiger partial charge < -0.3 is 29.4 Å². The fourth-order valence-corrected chi connectivity index (χ4v) is 5.58. The Morgan fingerprint density at radius 1 is 1.10 bits per heavy atom. The maximum Gasteiger partial charge on any atom is 0.417 e. The van der Waals surface area contributed by atoms with E-state index in [4.69, 9.17) is 9.15 Å². The minimum Gasteiger partial charge on any atom is -0.497 e. The van der Waals surface area contributed by atoms with E-state index in [-0.39, 0.29) is 12.1 Å². The molecular formula is C28H30N6O5. The summed E-state index contributed by atoms with van der Waals surface area (Å²) in [6.07, 6.45) is 2.94. The van der Waals surface area contributed by atoms with Gasteiger partial charge in [-0.15, -0.1) is 5.10 Å². The van der Waals surface area contributed by atoms with Crippen LogP contribution in [0, 0.1) is 6.92 Å². The molecule has 3 N–H and O–H groups in total. The highest BCUT2D eigenvalue weighted by atomic mass is 16.5. The maximum absolute atomic E-state index is 13.0. The van der Waals surface area contributed by atoms with Crippen LogP contribution >= 0.6 is 0 Å². The number of aromatic nitrogens is 3. The summed E-state index contributed by atoms with van der Waals surface area (Å²) in [6, 6.07) is 11.1. The highest BCUT2D eigenvalue weighted by Gasteiger charge is 2.31. The van der Waals surface area contributed by atoms with E-state index in [1.54, 1.807) is 19.4 Å². The Balaban J connectivity index is 1.13. The van der Waals surface area contributed by atoms with E-state index in [1.807, 2.05) is 42.2 Å². The molecule has 0 bridgehead atoms. The number of nitrogens with one attached hydrogen (secondary N) is 2. The number of amides is 2. The van der Waals surface area contributed by atoms with E-state index in [2.05, 4.69) is 25.4 Å². The van der Waals surface area contributed by atoms with Gasteiger partial charge in [-0.05, 0) is 73.2 Å². The van der Waals surface area contributed by atoms with E-state index < -0.39 is 11.9 Å². The van der Waals surface area contributed by atoms with Gasteiger partial charge in [-0.25, -0.2) is 9.59 Å². The third kappa shape index (κ3) is 4.81. The number of aryl methyl sites for hydroxylation is 1. The van der Waals surface area contributed by atoms with Crippen molar-refractivity contribution < 1.29 is 19.1 Å². The Hall–Kier alpha value is -4.38. The van der Waals surface area contributed by atoms with Gasteiger partial charge in [0.1, 0.15) is 11.9 Å². The smallest absolute Gasteiger partial charge is 0.417 e. The lowest BCUT2D eigenvalue weighted by atomic mass is 10.00. The van der Waals surface area contributed by atoms with Gasteiger partial charge in [0, 0.05) is 36.9 Å². The molecule has 4 aromatic rings. The molecule has 2 aromatic carbocycles. The van der Waals surface area contributed by atoms with Gasteiger partial charge in [0.05, 0.1) is 18.8 Å². The van der Waals surface area contributed by atoms with Gasteiger partial charge in [-0.1, -0.05) is 6.07 Å². The van der Waals surface area contributed by atoms with Crippen LogP contribution in [-0.4, -0.2) is 64.0 Å². The second-order valence-corrected chi connectivity index (χ2v) is 10.1. The van der Waals surface area contributed by atoms with Crippen molar-refractivity contribution in [2.24, 2.45) is 0 Å². The molecule has 4 heterocycles. The van der Waals surface area contributed by atoms with E-state index in [9.17, 15) is 14.7 Å². The Morgan fingerprint density at radius 3 is 2.72 bits per heavy atom. The standard InChI is InChI=1S/C28H30N6O5/c1-16-11-18(13-23-25(16)31-28(37)39-23)26(35)19-14-24(32-29-15-19)33-8-6-20(7-9-33)34-10-5-17-12-21(38-2)3-4-22(17)30-27(34)36/h3-4,11-15,20,26,35H,5-10H2,1-2H3,(H,30,36)(H,31,37). The molecule has 11 heteroatoms. The zero-order valence-electron chi connectivity index (χ0n) is 21.8. The number of anilines is 2. The van der Waals surface area contributed by atoms with E-state index >= 15 is 0 Å². The molecule has 2 aliphatic rings. The molecule has 11 nitrogen and oxygen atoms in total. The van der Waals surface area contributed by atoms with Crippen LogP contribution in [0.3, 0.4) is 0 Å². The zero-order valence-corrected chi connectivity index (χ0v) is 21.8. The number of rotatable bonds is 5. The lowest BCUT2D eigenvalue weighted by molar-refractivity contribution is 0.177. The number of piperidine rings is 1. The molecule has 2 aromatic heterocycles. The average molecular weight is 531 g/mol. The maximum atomic E-state index is 13.0. The largest absolute Gasteiger partial charge is 0.497 e. The number of aromatic amines is 1. The minimum atomic E-state index is -0.957. The van der Waals surface area contributed by atoms with Crippen LogP contribution in [0.4, 0.5) is 16.3 Å². The van der Waals surface area contributed by atoms with Crippen molar-refractivity contribution in [3.8, 4) is 5.75 Å². The summed E-state index contributed by atoms with van der Waals surface area (Å²) in [5, 5.41) is 22.6. The Morgan fingerprint density at radius 2 is 1.92 bits per heavy atom. The van der Waals surface area contributed by atoms with Gasteiger partial charge in [-0.3, -0.25) is 4.98 Å². The van der Waals surface area contributed by atoms with Gasteiger partial charge in [0.25, 0.3) is 0 Å². The van der Waals surface area contributed by atoms with Crippen LogP contribution < -0.4 is 20.7 Å². The molecule has 0 spiro atoms. The summed E-state index contributed by atoms with van der Waals surface area (Å²) in [5.41, 5.74) is 4.93. The van der Waals surface area contributed by atoms with Crippen molar-refractivity contribution in [2.45, 2.75) is 38.3 Å². The third-order valence-electron chi connectivity index (χ3n) is 7.71. The predicted molar refractivity (Wildman–Crippen MR) is 145 cm³/mol. The van der Waals surface area contributed by atoms with Crippen LogP contribution in [0.1, 0.15) is 41.2 Å². The average Bonchev–Trinajstić information content (AvgIpc) is 3.26. The van der Waals surface area contributed by atoms with Crippen molar-refractivity contribution >= 4 is 28.6 Å². The lowest BCUT2D eigenvalue weighted by Gasteiger charge is -2.38. The molecule has 0 saturated carbocycles. The fraction of sp³-hybridized carbons (Fsp3) is 0.357. The molecule has 6 rings (SSSR count). The number of urea groups is 1. The number of methoxy groups -OCH3 is 1. The molecule has 2 amide bonds. The second kappa shape index (κ2) is 10.1. The van der Waals surface area contributed by atoms with Gasteiger partial charge >= 0.3 is 11.8 Å². The molecule has 1 atom stereocenters. The molecule has 202 valence electrons. The summed E-state index contributed by atoms with van der Waals surface area (Å²) in [6.45, 7) is 3.92. The number of aliphatic hydroxyl groups is 1. The highest BCUT2D eigenvalue weighted by Crippen LogP contribution is 2.30.